The maximum Gasteiger partial charge on any atom is 0.0410 e. The Labute approximate surface area is 129 Å². The first-order valence-corrected chi connectivity index (χ1v) is 7.79. The molecule has 2 aromatic rings. The van der Waals surface area contributed by atoms with E-state index in [1.807, 2.05) is 30.9 Å². The van der Waals surface area contributed by atoms with Crippen LogP contribution in [0, 0.1) is 0 Å². The van der Waals surface area contributed by atoms with Crippen LogP contribution in [0.3, 0.4) is 0 Å². The van der Waals surface area contributed by atoms with Gasteiger partial charge in [0.05, 0.1) is 0 Å². The van der Waals surface area contributed by atoms with Crippen molar-refractivity contribution in [1.29, 1.82) is 0 Å². The fraction of sp³-hybridized carbons (Fsp3) is 0.375. The minimum atomic E-state index is 0.412. The second-order valence-electron chi connectivity index (χ2n) is 4.93. The predicted molar refractivity (Wildman–Crippen MR) is 85.7 cm³/mol. The van der Waals surface area contributed by atoms with E-state index in [-0.39, 0.29) is 0 Å². The SMILES string of the molecule is CCCNC(Cc1cccnc1)Cc1cncc(Br)c1. The third kappa shape index (κ3) is 5.02. The number of pyridine rings is 2. The Kier molecular flexibility index (Phi) is 6.15. The molecule has 0 radical (unpaired) electrons. The lowest BCUT2D eigenvalue weighted by Gasteiger charge is -2.18. The van der Waals surface area contributed by atoms with E-state index in [1.165, 1.54) is 11.1 Å². The zero-order valence-corrected chi connectivity index (χ0v) is 13.3. The van der Waals surface area contributed by atoms with Gasteiger partial charge in [0.2, 0.25) is 0 Å². The Bertz CT molecular complexity index is 516. The minimum absolute atomic E-state index is 0.412. The summed E-state index contributed by atoms with van der Waals surface area (Å²) in [7, 11) is 0. The molecule has 2 heterocycles. The molecule has 106 valence electrons. The summed E-state index contributed by atoms with van der Waals surface area (Å²) in [5, 5.41) is 3.61. The van der Waals surface area contributed by atoms with Crippen LogP contribution in [0.4, 0.5) is 0 Å². The molecular formula is C16H20BrN3. The molecule has 4 heteroatoms. The maximum absolute atomic E-state index is 4.24. The van der Waals surface area contributed by atoms with E-state index in [9.17, 15) is 0 Å². The van der Waals surface area contributed by atoms with Crippen molar-refractivity contribution in [3.8, 4) is 0 Å². The van der Waals surface area contributed by atoms with Crippen molar-refractivity contribution in [3.05, 3.63) is 58.6 Å². The molecule has 0 saturated carbocycles. The van der Waals surface area contributed by atoms with E-state index >= 15 is 0 Å². The zero-order chi connectivity index (χ0) is 14.2. The molecule has 0 bridgehead atoms. The molecule has 20 heavy (non-hydrogen) atoms. The van der Waals surface area contributed by atoms with Gasteiger partial charge in [0.25, 0.3) is 0 Å². The van der Waals surface area contributed by atoms with E-state index in [0.29, 0.717) is 6.04 Å². The van der Waals surface area contributed by atoms with E-state index in [4.69, 9.17) is 0 Å². The largest absolute Gasteiger partial charge is 0.313 e. The normalized spacial score (nSPS) is 12.3. The maximum atomic E-state index is 4.24. The van der Waals surface area contributed by atoms with Crippen molar-refractivity contribution in [2.24, 2.45) is 0 Å². The highest BCUT2D eigenvalue weighted by atomic mass is 79.9. The second-order valence-corrected chi connectivity index (χ2v) is 5.85. The number of hydrogen-bond donors (Lipinski definition) is 1. The Morgan fingerprint density at radius 1 is 1.15 bits per heavy atom. The predicted octanol–water partition coefficient (Wildman–Crippen LogP) is 3.39. The van der Waals surface area contributed by atoms with Crippen LogP contribution in [-0.2, 0) is 12.8 Å². The number of halogens is 1. The second kappa shape index (κ2) is 8.12. The molecule has 2 aromatic heterocycles. The molecule has 1 unspecified atom stereocenters. The summed E-state index contributed by atoms with van der Waals surface area (Å²) in [4.78, 5) is 8.43. The van der Waals surface area contributed by atoms with Gasteiger partial charge in [0.1, 0.15) is 0 Å². The summed E-state index contributed by atoms with van der Waals surface area (Å²) >= 11 is 3.48. The van der Waals surface area contributed by atoms with Gasteiger partial charge in [-0.05, 0) is 65.0 Å². The van der Waals surface area contributed by atoms with E-state index in [1.54, 1.807) is 0 Å². The van der Waals surface area contributed by atoms with Crippen LogP contribution in [0.15, 0.2) is 47.5 Å². The Morgan fingerprint density at radius 2 is 1.95 bits per heavy atom. The van der Waals surface area contributed by atoms with Gasteiger partial charge in [0, 0.05) is 35.3 Å². The summed E-state index contributed by atoms with van der Waals surface area (Å²) in [5.41, 5.74) is 2.51. The molecule has 2 rings (SSSR count). The van der Waals surface area contributed by atoms with Crippen molar-refractivity contribution in [3.63, 3.8) is 0 Å². The molecule has 0 spiro atoms. The fourth-order valence-corrected chi connectivity index (χ4v) is 2.63. The molecule has 0 saturated heterocycles. The molecule has 0 aliphatic carbocycles. The summed E-state index contributed by atoms with van der Waals surface area (Å²) in [5.74, 6) is 0. The van der Waals surface area contributed by atoms with Gasteiger partial charge in [-0.25, -0.2) is 0 Å². The highest BCUT2D eigenvalue weighted by molar-refractivity contribution is 9.10. The van der Waals surface area contributed by atoms with Crippen LogP contribution in [0.1, 0.15) is 24.5 Å². The Hall–Kier alpha value is -1.26. The van der Waals surface area contributed by atoms with Crippen LogP contribution in [0.5, 0.6) is 0 Å². The lowest BCUT2D eigenvalue weighted by molar-refractivity contribution is 0.503. The van der Waals surface area contributed by atoms with Gasteiger partial charge in [-0.1, -0.05) is 13.0 Å². The van der Waals surface area contributed by atoms with Gasteiger partial charge < -0.3 is 5.32 Å². The number of hydrogen-bond acceptors (Lipinski definition) is 3. The topological polar surface area (TPSA) is 37.8 Å². The third-order valence-electron chi connectivity index (χ3n) is 3.13. The molecule has 0 aliphatic heterocycles. The van der Waals surface area contributed by atoms with Crippen molar-refractivity contribution in [1.82, 2.24) is 15.3 Å². The van der Waals surface area contributed by atoms with Crippen molar-refractivity contribution >= 4 is 15.9 Å². The molecule has 0 fully saturated rings. The van der Waals surface area contributed by atoms with Crippen LogP contribution in [0.25, 0.3) is 0 Å². The van der Waals surface area contributed by atoms with Crippen LogP contribution >= 0.6 is 15.9 Å². The quantitative estimate of drug-likeness (QED) is 0.843. The Balaban J connectivity index is 2.03. The van der Waals surface area contributed by atoms with Crippen molar-refractivity contribution in [2.75, 3.05) is 6.54 Å². The number of nitrogens with zero attached hydrogens (tertiary/aromatic N) is 2. The highest BCUT2D eigenvalue weighted by Gasteiger charge is 2.10. The lowest BCUT2D eigenvalue weighted by atomic mass is 10.0. The standard InChI is InChI=1S/C16H20BrN3/c1-2-5-20-16(8-13-4-3-6-18-10-13)9-14-7-15(17)12-19-11-14/h3-4,6-7,10-12,16,20H,2,5,8-9H2,1H3. The van der Waals surface area contributed by atoms with E-state index < -0.39 is 0 Å². The molecule has 1 N–H and O–H groups in total. The fourth-order valence-electron chi connectivity index (χ4n) is 2.22. The first-order chi connectivity index (χ1) is 9.78. The first-order valence-electron chi connectivity index (χ1n) is 6.99. The van der Waals surface area contributed by atoms with Gasteiger partial charge in [-0.2, -0.15) is 0 Å². The van der Waals surface area contributed by atoms with Gasteiger partial charge in [-0.3, -0.25) is 9.97 Å². The van der Waals surface area contributed by atoms with Crippen LogP contribution in [-0.4, -0.2) is 22.6 Å². The molecular weight excluding hydrogens is 314 g/mol. The van der Waals surface area contributed by atoms with Crippen molar-refractivity contribution < 1.29 is 0 Å². The minimum Gasteiger partial charge on any atom is -0.313 e. The third-order valence-corrected chi connectivity index (χ3v) is 3.57. The first kappa shape index (κ1) is 15.1. The van der Waals surface area contributed by atoms with E-state index in [0.717, 1.165) is 30.3 Å². The number of aromatic nitrogens is 2. The molecule has 3 nitrogen and oxygen atoms in total. The molecule has 0 aromatic carbocycles. The van der Waals surface area contributed by atoms with Gasteiger partial charge >= 0.3 is 0 Å². The van der Waals surface area contributed by atoms with Gasteiger partial charge in [0.15, 0.2) is 0 Å². The van der Waals surface area contributed by atoms with Crippen LogP contribution < -0.4 is 5.32 Å². The van der Waals surface area contributed by atoms with Crippen molar-refractivity contribution in [2.45, 2.75) is 32.2 Å². The van der Waals surface area contributed by atoms with Gasteiger partial charge in [-0.15, -0.1) is 0 Å². The smallest absolute Gasteiger partial charge is 0.0410 e. The highest BCUT2D eigenvalue weighted by Crippen LogP contribution is 2.13. The number of rotatable bonds is 7. The molecule has 1 atom stereocenters. The summed E-state index contributed by atoms with van der Waals surface area (Å²) in [6.07, 6.45) is 10.6. The average Bonchev–Trinajstić information content (AvgIpc) is 2.46. The summed E-state index contributed by atoms with van der Waals surface area (Å²) in [6.45, 7) is 3.22. The number of nitrogens with one attached hydrogen (secondary N) is 1. The van der Waals surface area contributed by atoms with E-state index in [2.05, 4.69) is 50.3 Å². The average molecular weight is 334 g/mol. The van der Waals surface area contributed by atoms with Crippen LogP contribution in [0.2, 0.25) is 0 Å². The summed E-state index contributed by atoms with van der Waals surface area (Å²) < 4.78 is 1.03. The monoisotopic (exact) mass is 333 g/mol. The zero-order valence-electron chi connectivity index (χ0n) is 11.7. The summed E-state index contributed by atoms with van der Waals surface area (Å²) in [6, 6.07) is 6.67. The molecule has 0 aliphatic rings. The lowest BCUT2D eigenvalue weighted by Crippen LogP contribution is -2.33. The Morgan fingerprint density at radius 3 is 2.65 bits per heavy atom. The molecule has 0 amide bonds.